The molecule has 0 saturated carbocycles. The zero-order valence-electron chi connectivity index (χ0n) is 17.3. The lowest BCUT2D eigenvalue weighted by atomic mass is 9.91. The fraction of sp³-hybridized carbons (Fsp3) is 0.667. The summed E-state index contributed by atoms with van der Waals surface area (Å²) in [4.78, 5) is 15.1. The third kappa shape index (κ3) is 6.89. The first-order valence-corrected chi connectivity index (χ1v) is 9.67. The van der Waals surface area contributed by atoms with Crippen molar-refractivity contribution in [2.24, 2.45) is 11.8 Å². The van der Waals surface area contributed by atoms with E-state index >= 15 is 0 Å². The molecule has 6 heteroatoms. The van der Waals surface area contributed by atoms with Crippen LogP contribution in [-0.2, 0) is 11.2 Å². The Labute approximate surface area is 170 Å². The molecule has 154 valence electrons. The first-order chi connectivity index (χ1) is 12.4. The number of hydrogen-bond acceptors (Lipinski definition) is 4. The molecule has 1 N–H and O–H groups in total. The highest BCUT2D eigenvalue weighted by Crippen LogP contribution is 2.28. The van der Waals surface area contributed by atoms with E-state index in [-0.39, 0.29) is 18.3 Å². The molecule has 1 amide bonds. The number of benzene rings is 1. The van der Waals surface area contributed by atoms with Crippen molar-refractivity contribution in [2.75, 3.05) is 33.9 Å². The number of rotatable bonds is 8. The third-order valence-corrected chi connectivity index (χ3v) is 4.99. The Bertz CT molecular complexity index is 595. The van der Waals surface area contributed by atoms with Crippen LogP contribution in [0.4, 0.5) is 0 Å². The van der Waals surface area contributed by atoms with Gasteiger partial charge in [-0.15, -0.1) is 12.4 Å². The van der Waals surface area contributed by atoms with Gasteiger partial charge in [0.15, 0.2) is 11.5 Å². The van der Waals surface area contributed by atoms with Gasteiger partial charge in [0.25, 0.3) is 0 Å². The molecule has 5 nitrogen and oxygen atoms in total. The van der Waals surface area contributed by atoms with Crippen molar-refractivity contribution in [2.45, 2.75) is 46.1 Å². The lowest BCUT2D eigenvalue weighted by Crippen LogP contribution is -2.45. The molecule has 1 heterocycles. The second kappa shape index (κ2) is 11.4. The predicted molar refractivity (Wildman–Crippen MR) is 112 cm³/mol. The van der Waals surface area contributed by atoms with Crippen LogP contribution in [-0.4, -0.2) is 50.7 Å². The Hall–Kier alpha value is -1.46. The molecule has 0 bridgehead atoms. The minimum atomic E-state index is 0. The molecule has 2 atom stereocenters. The summed E-state index contributed by atoms with van der Waals surface area (Å²) in [6.45, 7) is 8.98. The average Bonchev–Trinajstić information content (AvgIpc) is 2.63. The zero-order chi connectivity index (χ0) is 19.1. The number of carbonyl (C=O) groups excluding carboxylic acids is 1. The summed E-state index contributed by atoms with van der Waals surface area (Å²) >= 11 is 0. The predicted octanol–water partition coefficient (Wildman–Crippen LogP) is 3.54. The number of piperidine rings is 1. The summed E-state index contributed by atoms with van der Waals surface area (Å²) < 4.78 is 10.7. The van der Waals surface area contributed by atoms with Gasteiger partial charge in [0, 0.05) is 25.0 Å². The minimum absolute atomic E-state index is 0. The first-order valence-electron chi connectivity index (χ1n) is 9.67. The van der Waals surface area contributed by atoms with Crippen molar-refractivity contribution in [3.8, 4) is 11.5 Å². The van der Waals surface area contributed by atoms with E-state index in [1.54, 1.807) is 14.2 Å². The Morgan fingerprint density at radius 2 is 1.96 bits per heavy atom. The number of ether oxygens (including phenoxy) is 2. The molecule has 0 radical (unpaired) electrons. The van der Waals surface area contributed by atoms with Gasteiger partial charge >= 0.3 is 0 Å². The smallest absolute Gasteiger partial charge is 0.225 e. The molecule has 1 fully saturated rings. The van der Waals surface area contributed by atoms with Crippen molar-refractivity contribution >= 4 is 18.3 Å². The van der Waals surface area contributed by atoms with Crippen molar-refractivity contribution in [3.05, 3.63) is 23.8 Å². The van der Waals surface area contributed by atoms with Gasteiger partial charge in [-0.2, -0.15) is 0 Å². The van der Waals surface area contributed by atoms with Gasteiger partial charge in [0.2, 0.25) is 5.91 Å². The molecule has 0 aromatic heterocycles. The van der Waals surface area contributed by atoms with Crippen molar-refractivity contribution < 1.29 is 14.3 Å². The van der Waals surface area contributed by atoms with E-state index in [9.17, 15) is 4.79 Å². The van der Waals surface area contributed by atoms with Crippen molar-refractivity contribution in [3.63, 3.8) is 0 Å². The van der Waals surface area contributed by atoms with Crippen LogP contribution < -0.4 is 14.8 Å². The third-order valence-electron chi connectivity index (χ3n) is 4.99. The molecule has 27 heavy (non-hydrogen) atoms. The summed E-state index contributed by atoms with van der Waals surface area (Å²) in [5.41, 5.74) is 1.16. The lowest BCUT2D eigenvalue weighted by Gasteiger charge is -2.33. The molecule has 2 rings (SSSR count). The number of halogens is 1. The van der Waals surface area contributed by atoms with E-state index in [0.29, 0.717) is 17.9 Å². The van der Waals surface area contributed by atoms with Gasteiger partial charge in [0.1, 0.15) is 0 Å². The molecule has 1 aliphatic rings. The fourth-order valence-corrected chi connectivity index (χ4v) is 3.65. The van der Waals surface area contributed by atoms with E-state index in [4.69, 9.17) is 9.47 Å². The van der Waals surface area contributed by atoms with Crippen molar-refractivity contribution in [1.82, 2.24) is 10.2 Å². The van der Waals surface area contributed by atoms with Crippen LogP contribution in [0.5, 0.6) is 11.5 Å². The van der Waals surface area contributed by atoms with Gasteiger partial charge < -0.3 is 19.7 Å². The normalized spacial score (nSPS) is 19.3. The van der Waals surface area contributed by atoms with E-state index in [2.05, 4.69) is 31.0 Å². The maximum atomic E-state index is 13.1. The van der Waals surface area contributed by atoms with E-state index in [1.165, 1.54) is 0 Å². The van der Waals surface area contributed by atoms with Crippen LogP contribution in [0.1, 0.15) is 39.2 Å². The summed E-state index contributed by atoms with van der Waals surface area (Å²) in [6.07, 6.45) is 2.69. The number of carbonyl (C=O) groups is 1. The monoisotopic (exact) mass is 398 g/mol. The maximum Gasteiger partial charge on any atom is 0.225 e. The van der Waals surface area contributed by atoms with Crippen LogP contribution in [0.25, 0.3) is 0 Å². The highest BCUT2D eigenvalue weighted by molar-refractivity contribution is 5.85. The summed E-state index contributed by atoms with van der Waals surface area (Å²) in [5, 5.41) is 3.43. The molecular formula is C21H35ClN2O3. The second-order valence-electron chi connectivity index (χ2n) is 7.69. The van der Waals surface area contributed by atoms with Crippen LogP contribution in [0, 0.1) is 11.8 Å². The number of methoxy groups -OCH3 is 2. The lowest BCUT2D eigenvalue weighted by molar-refractivity contribution is -0.137. The van der Waals surface area contributed by atoms with Gasteiger partial charge in [-0.25, -0.2) is 0 Å². The molecular weight excluding hydrogens is 364 g/mol. The van der Waals surface area contributed by atoms with Crippen LogP contribution in [0.3, 0.4) is 0 Å². The highest BCUT2D eigenvalue weighted by Gasteiger charge is 2.28. The number of nitrogens with one attached hydrogen (secondary N) is 1. The highest BCUT2D eigenvalue weighted by atomic mass is 35.5. The second-order valence-corrected chi connectivity index (χ2v) is 7.69. The molecule has 1 saturated heterocycles. The van der Waals surface area contributed by atoms with Crippen molar-refractivity contribution in [1.29, 1.82) is 0 Å². The van der Waals surface area contributed by atoms with Gasteiger partial charge in [-0.3, -0.25) is 4.79 Å². The Morgan fingerprint density at radius 3 is 2.56 bits per heavy atom. The Morgan fingerprint density at radius 1 is 1.26 bits per heavy atom. The number of hydrogen-bond donors (Lipinski definition) is 1. The first kappa shape index (κ1) is 23.6. The standard InChI is InChI=1S/C21H34N2O3.ClH/c1-15(2)14-23(21(24)18-8-10-22-16(3)12-18)11-9-17-6-7-19(25-4)20(13-17)26-5;/h6-7,13,15-16,18,22H,8-12,14H2,1-5H3;1H/t16-,18-;/m0./s1. The number of amides is 1. The Balaban J connectivity index is 0.00000364. The fourth-order valence-electron chi connectivity index (χ4n) is 3.65. The zero-order valence-corrected chi connectivity index (χ0v) is 18.1. The summed E-state index contributed by atoms with van der Waals surface area (Å²) in [6, 6.07) is 6.40. The molecule has 0 spiro atoms. The summed E-state index contributed by atoms with van der Waals surface area (Å²) in [7, 11) is 3.29. The maximum absolute atomic E-state index is 13.1. The van der Waals surface area contributed by atoms with Gasteiger partial charge in [-0.05, 0) is 56.3 Å². The molecule has 1 aliphatic heterocycles. The minimum Gasteiger partial charge on any atom is -0.493 e. The average molecular weight is 399 g/mol. The topological polar surface area (TPSA) is 50.8 Å². The van der Waals surface area contributed by atoms with Gasteiger partial charge in [0.05, 0.1) is 14.2 Å². The molecule has 1 aromatic carbocycles. The quantitative estimate of drug-likeness (QED) is 0.727. The van der Waals surface area contributed by atoms with Gasteiger partial charge in [-0.1, -0.05) is 19.9 Å². The Kier molecular flexibility index (Phi) is 9.95. The van der Waals surface area contributed by atoms with E-state index in [0.717, 1.165) is 56.0 Å². The molecule has 0 unspecified atom stereocenters. The largest absolute Gasteiger partial charge is 0.493 e. The number of nitrogens with zero attached hydrogens (tertiary/aromatic N) is 1. The SMILES string of the molecule is COc1ccc(CCN(CC(C)C)C(=O)[C@H]2CCN[C@@H](C)C2)cc1OC.Cl. The van der Waals surface area contributed by atoms with E-state index in [1.807, 2.05) is 18.2 Å². The molecule has 1 aromatic rings. The van der Waals surface area contributed by atoms with Crippen LogP contribution in [0.2, 0.25) is 0 Å². The summed E-state index contributed by atoms with van der Waals surface area (Å²) in [5.74, 6) is 2.39. The van der Waals surface area contributed by atoms with Crippen LogP contribution in [0.15, 0.2) is 18.2 Å². The van der Waals surface area contributed by atoms with E-state index < -0.39 is 0 Å². The molecule has 0 aliphatic carbocycles. The van der Waals surface area contributed by atoms with Crippen LogP contribution >= 0.6 is 12.4 Å².